The lowest BCUT2D eigenvalue weighted by atomic mass is 9.49. The van der Waals surface area contributed by atoms with Crippen molar-refractivity contribution in [3.63, 3.8) is 0 Å². The maximum absolute atomic E-state index is 13.4. The smallest absolute Gasteiger partial charge is 0.311 e. The minimum absolute atomic E-state index is 0.153. The molecular weight excluding hydrogens is 522 g/mol. The molecule has 4 rings (SSSR count). The van der Waals surface area contributed by atoms with Crippen molar-refractivity contribution in [1.29, 1.82) is 0 Å². The highest BCUT2D eigenvalue weighted by molar-refractivity contribution is 6.30. The van der Waals surface area contributed by atoms with Crippen LogP contribution in [0.5, 0.6) is 0 Å². The molecule has 5 unspecified atom stereocenters. The Morgan fingerprint density at radius 1 is 1.08 bits per heavy atom. The molecule has 1 aliphatic carbocycles. The van der Waals surface area contributed by atoms with Gasteiger partial charge in [0.1, 0.15) is 0 Å². The van der Waals surface area contributed by atoms with E-state index >= 15 is 0 Å². The molecule has 1 saturated carbocycles. The summed E-state index contributed by atoms with van der Waals surface area (Å²) in [5, 5.41) is 37.5. The molecule has 5 atom stereocenters. The van der Waals surface area contributed by atoms with Crippen LogP contribution in [0, 0.1) is 26.9 Å². The number of aliphatic carboxylic acids is 2. The zero-order chi connectivity index (χ0) is 28.5. The fourth-order valence-electron chi connectivity index (χ4n) is 6.67. The zero-order valence-electron chi connectivity index (χ0n) is 22.5. The van der Waals surface area contributed by atoms with Crippen molar-refractivity contribution in [3.05, 3.63) is 74.8 Å². The Morgan fingerprint density at radius 3 is 2.26 bits per heavy atom. The number of carbonyl (C=O) groups is 2. The third-order valence-electron chi connectivity index (χ3n) is 8.88. The minimum Gasteiger partial charge on any atom is -0.481 e. The molecule has 39 heavy (non-hydrogen) atoms. The van der Waals surface area contributed by atoms with E-state index in [1.807, 2.05) is 24.1 Å². The summed E-state index contributed by atoms with van der Waals surface area (Å²) in [6, 6.07) is 12.2. The lowest BCUT2D eigenvalue weighted by Gasteiger charge is -2.57. The predicted octanol–water partition coefficient (Wildman–Crippen LogP) is 5.18. The molecule has 2 aromatic carbocycles. The summed E-state index contributed by atoms with van der Waals surface area (Å²) < 4.78 is 0. The van der Waals surface area contributed by atoms with Gasteiger partial charge in [0.2, 0.25) is 0 Å². The molecule has 0 aromatic heterocycles. The van der Waals surface area contributed by atoms with E-state index in [9.17, 15) is 29.9 Å². The van der Waals surface area contributed by atoms with Gasteiger partial charge in [-0.1, -0.05) is 48.7 Å². The fourth-order valence-corrected chi connectivity index (χ4v) is 6.79. The molecule has 2 fully saturated rings. The highest BCUT2D eigenvalue weighted by atomic mass is 35.5. The maximum atomic E-state index is 13.4. The Balaban J connectivity index is 1.82. The molecule has 1 saturated heterocycles. The number of nitrogens with zero attached hydrogens (tertiary/aromatic N) is 2. The van der Waals surface area contributed by atoms with E-state index in [0.29, 0.717) is 30.1 Å². The van der Waals surface area contributed by atoms with Crippen molar-refractivity contribution in [1.82, 2.24) is 10.2 Å². The summed E-state index contributed by atoms with van der Waals surface area (Å²) in [6.07, 6.45) is 2.25. The zero-order valence-corrected chi connectivity index (χ0v) is 23.2. The summed E-state index contributed by atoms with van der Waals surface area (Å²) >= 11 is 6.01. The molecule has 210 valence electrons. The monoisotopic (exact) mass is 557 g/mol. The van der Waals surface area contributed by atoms with Gasteiger partial charge in [0.25, 0.3) is 5.69 Å². The van der Waals surface area contributed by atoms with Crippen molar-refractivity contribution in [3.8, 4) is 0 Å². The number of hydrogen-bond acceptors (Lipinski definition) is 6. The number of hydrogen-bond donors (Lipinski definition) is 3. The van der Waals surface area contributed by atoms with Crippen LogP contribution in [-0.4, -0.2) is 57.7 Å². The molecule has 9 nitrogen and oxygen atoms in total. The molecule has 0 radical (unpaired) electrons. The van der Waals surface area contributed by atoms with Gasteiger partial charge in [-0.3, -0.25) is 19.7 Å². The second-order valence-electron chi connectivity index (χ2n) is 11.3. The van der Waals surface area contributed by atoms with Gasteiger partial charge in [-0.2, -0.15) is 0 Å². The first-order valence-electron chi connectivity index (χ1n) is 13.3. The minimum atomic E-state index is -1.54. The highest BCUT2D eigenvalue weighted by Gasteiger charge is 2.67. The number of carboxylic acid groups (broad SMARTS) is 2. The number of nitrogens with one attached hydrogen (secondary N) is 1. The van der Waals surface area contributed by atoms with Gasteiger partial charge in [-0.15, -0.1) is 0 Å². The van der Waals surface area contributed by atoms with Crippen molar-refractivity contribution in [2.45, 2.75) is 64.1 Å². The van der Waals surface area contributed by atoms with Crippen LogP contribution in [0.2, 0.25) is 5.02 Å². The Kier molecular flexibility index (Phi) is 8.35. The van der Waals surface area contributed by atoms with Gasteiger partial charge in [-0.05, 0) is 69.5 Å². The van der Waals surface area contributed by atoms with Crippen LogP contribution >= 0.6 is 11.6 Å². The van der Waals surface area contributed by atoms with Crippen LogP contribution in [0.25, 0.3) is 0 Å². The van der Waals surface area contributed by atoms with Gasteiger partial charge in [0, 0.05) is 41.7 Å². The number of nitro groups is 1. The van der Waals surface area contributed by atoms with E-state index in [1.54, 1.807) is 32.0 Å². The molecule has 1 aliphatic heterocycles. The van der Waals surface area contributed by atoms with Gasteiger partial charge >= 0.3 is 11.9 Å². The third kappa shape index (κ3) is 5.53. The molecule has 10 heteroatoms. The van der Waals surface area contributed by atoms with Gasteiger partial charge < -0.3 is 20.4 Å². The van der Waals surface area contributed by atoms with Gasteiger partial charge in [-0.25, -0.2) is 0 Å². The Bertz CT molecular complexity index is 1240. The van der Waals surface area contributed by atoms with E-state index in [4.69, 9.17) is 11.6 Å². The van der Waals surface area contributed by atoms with E-state index in [-0.39, 0.29) is 18.0 Å². The summed E-state index contributed by atoms with van der Waals surface area (Å²) in [5.74, 6) is -2.99. The maximum Gasteiger partial charge on any atom is 0.311 e. The van der Waals surface area contributed by atoms with Crippen molar-refractivity contribution in [2.75, 3.05) is 13.6 Å². The van der Waals surface area contributed by atoms with Crippen LogP contribution in [0.1, 0.15) is 56.6 Å². The first-order chi connectivity index (χ1) is 18.4. The van der Waals surface area contributed by atoms with Crippen LogP contribution in [0.3, 0.4) is 0 Å². The summed E-state index contributed by atoms with van der Waals surface area (Å²) in [7, 11) is 1.89. The molecule has 0 amide bonds. The molecule has 2 aliphatic rings. The van der Waals surface area contributed by atoms with Crippen molar-refractivity contribution < 1.29 is 24.7 Å². The van der Waals surface area contributed by atoms with Crippen molar-refractivity contribution >= 4 is 29.2 Å². The number of rotatable bonds is 11. The Morgan fingerprint density at radius 2 is 1.69 bits per heavy atom. The van der Waals surface area contributed by atoms with Gasteiger partial charge in [0.05, 0.1) is 15.8 Å². The first-order valence-corrected chi connectivity index (χ1v) is 13.7. The predicted molar refractivity (Wildman–Crippen MR) is 148 cm³/mol. The molecule has 0 spiro atoms. The number of piperidine rings is 1. The van der Waals surface area contributed by atoms with Crippen LogP contribution < -0.4 is 5.32 Å². The standard InChI is InChI=1S/C29H36ClN3O6/c1-18-28(26(34)35,13-14-32(3)17-21-9-11-23(30)12-10-21)25(22-5-4-6-24(15-22)33(38)39)29(27(36)37,19(2)31-18)16-20-7-8-20/h4-6,9-12,15,18-20,25,31H,7-8,13-14,16-17H2,1-3H3,(H,34,35)(H,36,37). The molecule has 3 N–H and O–H groups in total. The summed E-state index contributed by atoms with van der Waals surface area (Å²) in [5.41, 5.74) is -1.79. The van der Waals surface area contributed by atoms with Crippen LogP contribution in [-0.2, 0) is 16.1 Å². The normalized spacial score (nSPS) is 28.8. The average molecular weight is 558 g/mol. The fraction of sp³-hybridized carbons (Fsp3) is 0.517. The second-order valence-corrected chi connectivity index (χ2v) is 11.8. The van der Waals surface area contributed by atoms with Gasteiger partial charge in [0.15, 0.2) is 0 Å². The summed E-state index contributed by atoms with van der Waals surface area (Å²) in [4.78, 5) is 39.9. The van der Waals surface area contributed by atoms with Crippen LogP contribution in [0.4, 0.5) is 5.69 Å². The second kappa shape index (κ2) is 11.2. The number of benzene rings is 2. The number of carboxylic acids is 2. The number of halogens is 1. The molecule has 0 bridgehead atoms. The SMILES string of the molecule is CC1NC(C)C(CC2CC2)(C(=O)O)C(c2cccc([N+](=O)[O-])c2)C1(CCN(C)Cc1ccc(Cl)cc1)C(=O)O. The first kappa shape index (κ1) is 29.0. The van der Waals surface area contributed by atoms with E-state index < -0.39 is 45.7 Å². The summed E-state index contributed by atoms with van der Waals surface area (Å²) in [6.45, 7) is 4.52. The van der Waals surface area contributed by atoms with Crippen LogP contribution in [0.15, 0.2) is 48.5 Å². The molecule has 2 aromatic rings. The topological polar surface area (TPSA) is 133 Å². The largest absolute Gasteiger partial charge is 0.481 e. The lowest BCUT2D eigenvalue weighted by molar-refractivity contribution is -0.385. The van der Waals surface area contributed by atoms with E-state index in [1.165, 1.54) is 18.2 Å². The third-order valence-corrected chi connectivity index (χ3v) is 9.13. The van der Waals surface area contributed by atoms with E-state index in [0.717, 1.165) is 18.4 Å². The average Bonchev–Trinajstić information content (AvgIpc) is 3.70. The number of nitro benzene ring substituents is 1. The Labute approximate surface area is 233 Å². The lowest BCUT2D eigenvalue weighted by Crippen LogP contribution is -2.70. The van der Waals surface area contributed by atoms with Crippen molar-refractivity contribution in [2.24, 2.45) is 16.7 Å². The van der Waals surface area contributed by atoms with E-state index in [2.05, 4.69) is 5.32 Å². The number of non-ortho nitro benzene ring substituents is 1. The molecular formula is C29H36ClN3O6. The molecule has 1 heterocycles. The highest BCUT2D eigenvalue weighted by Crippen LogP contribution is 2.61. The quantitative estimate of drug-likeness (QED) is 0.254. The Hall–Kier alpha value is -3.01.